The molecule has 3 aromatic rings. The summed E-state index contributed by atoms with van der Waals surface area (Å²) in [6.45, 7) is 4.23. The van der Waals surface area contributed by atoms with Gasteiger partial charge in [0.2, 0.25) is 0 Å². The summed E-state index contributed by atoms with van der Waals surface area (Å²) >= 11 is 1.74. The SMILES string of the molecule is Cc1cccc(CSc2cc(-n3nc(C)c4c3CCCC4)ncn2)c1. The molecule has 4 nitrogen and oxygen atoms in total. The average Bonchev–Trinajstić information content (AvgIpc) is 2.98. The lowest BCUT2D eigenvalue weighted by atomic mass is 9.96. The van der Waals surface area contributed by atoms with Gasteiger partial charge in [-0.3, -0.25) is 0 Å². The molecule has 5 heteroatoms. The lowest BCUT2D eigenvalue weighted by Crippen LogP contribution is -2.09. The summed E-state index contributed by atoms with van der Waals surface area (Å²) in [5.41, 5.74) is 6.50. The zero-order valence-electron chi connectivity index (χ0n) is 14.7. The smallest absolute Gasteiger partial charge is 0.158 e. The molecule has 0 atom stereocenters. The maximum Gasteiger partial charge on any atom is 0.158 e. The van der Waals surface area contributed by atoms with E-state index in [0.29, 0.717) is 0 Å². The van der Waals surface area contributed by atoms with Crippen molar-refractivity contribution in [1.29, 1.82) is 0 Å². The number of aromatic nitrogens is 4. The Morgan fingerprint density at radius 3 is 2.84 bits per heavy atom. The van der Waals surface area contributed by atoms with Crippen molar-refractivity contribution in [2.45, 2.75) is 50.3 Å². The van der Waals surface area contributed by atoms with Crippen LogP contribution in [0.4, 0.5) is 0 Å². The number of nitrogens with zero attached hydrogens (tertiary/aromatic N) is 4. The van der Waals surface area contributed by atoms with Crippen molar-refractivity contribution in [2.24, 2.45) is 0 Å². The van der Waals surface area contributed by atoms with Gasteiger partial charge in [-0.25, -0.2) is 14.6 Å². The molecule has 1 aliphatic carbocycles. The molecule has 0 unspecified atom stereocenters. The first-order valence-corrected chi connectivity index (χ1v) is 9.77. The number of aryl methyl sites for hydroxylation is 2. The van der Waals surface area contributed by atoms with Gasteiger partial charge in [0, 0.05) is 17.5 Å². The molecule has 128 valence electrons. The van der Waals surface area contributed by atoms with E-state index in [0.717, 1.165) is 35.1 Å². The number of rotatable bonds is 4. The summed E-state index contributed by atoms with van der Waals surface area (Å²) in [4.78, 5) is 8.91. The minimum atomic E-state index is 0.882. The molecule has 0 saturated heterocycles. The van der Waals surface area contributed by atoms with Crippen LogP contribution >= 0.6 is 11.8 Å². The highest BCUT2D eigenvalue weighted by molar-refractivity contribution is 7.98. The second kappa shape index (κ2) is 7.00. The number of thioether (sulfide) groups is 1. The van der Waals surface area contributed by atoms with Gasteiger partial charge in [-0.15, -0.1) is 11.8 Å². The minimum absolute atomic E-state index is 0.882. The van der Waals surface area contributed by atoms with E-state index in [-0.39, 0.29) is 0 Å². The third-order valence-corrected chi connectivity index (χ3v) is 5.69. The monoisotopic (exact) mass is 350 g/mol. The first-order chi connectivity index (χ1) is 12.2. The van der Waals surface area contributed by atoms with Gasteiger partial charge in [0.1, 0.15) is 11.4 Å². The van der Waals surface area contributed by atoms with Gasteiger partial charge < -0.3 is 0 Å². The number of fused-ring (bicyclic) bond motifs is 1. The van der Waals surface area contributed by atoms with Crippen molar-refractivity contribution in [2.75, 3.05) is 0 Å². The van der Waals surface area contributed by atoms with Gasteiger partial charge in [0.05, 0.1) is 5.69 Å². The van der Waals surface area contributed by atoms with Crippen molar-refractivity contribution in [3.63, 3.8) is 0 Å². The number of hydrogen-bond acceptors (Lipinski definition) is 4. The minimum Gasteiger partial charge on any atom is -0.230 e. The largest absolute Gasteiger partial charge is 0.230 e. The third-order valence-electron chi connectivity index (χ3n) is 4.69. The lowest BCUT2D eigenvalue weighted by molar-refractivity contribution is 0.648. The molecular formula is C20H22N4S. The number of benzene rings is 1. The highest BCUT2D eigenvalue weighted by Gasteiger charge is 2.20. The van der Waals surface area contributed by atoms with Crippen LogP contribution in [0.1, 0.15) is 40.9 Å². The predicted octanol–water partition coefficient (Wildman–Crippen LogP) is 4.45. The Hall–Kier alpha value is -2.14. The molecule has 2 aromatic heterocycles. The lowest BCUT2D eigenvalue weighted by Gasteiger charge is -2.13. The average molecular weight is 350 g/mol. The van der Waals surface area contributed by atoms with Crippen LogP contribution in [0.25, 0.3) is 5.82 Å². The molecule has 2 heterocycles. The van der Waals surface area contributed by atoms with Gasteiger partial charge in [0.15, 0.2) is 5.82 Å². The van der Waals surface area contributed by atoms with Crippen LogP contribution in [0.15, 0.2) is 41.7 Å². The first-order valence-electron chi connectivity index (χ1n) is 8.79. The standard InChI is InChI=1S/C20H22N4S/c1-14-6-5-7-16(10-14)12-25-20-11-19(21-13-22-20)24-18-9-4-3-8-17(18)15(2)23-24/h5-7,10-11,13H,3-4,8-9,12H2,1-2H3. The topological polar surface area (TPSA) is 43.6 Å². The van der Waals surface area contributed by atoms with Crippen molar-refractivity contribution in [3.8, 4) is 5.82 Å². The third kappa shape index (κ3) is 3.47. The predicted molar refractivity (Wildman–Crippen MR) is 101 cm³/mol. The summed E-state index contributed by atoms with van der Waals surface area (Å²) in [6.07, 6.45) is 6.38. The Morgan fingerprint density at radius 1 is 1.08 bits per heavy atom. The van der Waals surface area contributed by atoms with E-state index >= 15 is 0 Å². The molecule has 0 bridgehead atoms. The molecule has 0 saturated carbocycles. The van der Waals surface area contributed by atoms with Crippen LogP contribution in [0.2, 0.25) is 0 Å². The molecule has 0 aliphatic heterocycles. The number of hydrogen-bond donors (Lipinski definition) is 0. The second-order valence-electron chi connectivity index (χ2n) is 6.62. The Morgan fingerprint density at radius 2 is 1.96 bits per heavy atom. The van der Waals surface area contributed by atoms with Crippen molar-refractivity contribution in [3.05, 3.63) is 64.7 Å². The van der Waals surface area contributed by atoms with E-state index in [2.05, 4.69) is 54.1 Å². The van der Waals surface area contributed by atoms with Gasteiger partial charge >= 0.3 is 0 Å². The fourth-order valence-corrected chi connectivity index (χ4v) is 4.26. The van der Waals surface area contributed by atoms with Crippen LogP contribution in [-0.2, 0) is 18.6 Å². The van der Waals surface area contributed by atoms with Gasteiger partial charge in [-0.05, 0) is 50.7 Å². The summed E-state index contributed by atoms with van der Waals surface area (Å²) in [6, 6.07) is 10.7. The first kappa shape index (κ1) is 16.3. The van der Waals surface area contributed by atoms with E-state index in [1.807, 2.05) is 4.68 Å². The van der Waals surface area contributed by atoms with E-state index in [9.17, 15) is 0 Å². The van der Waals surface area contributed by atoms with Gasteiger partial charge in [-0.2, -0.15) is 5.10 Å². The van der Waals surface area contributed by atoms with Crippen molar-refractivity contribution >= 4 is 11.8 Å². The van der Waals surface area contributed by atoms with Crippen LogP contribution in [0, 0.1) is 13.8 Å². The molecule has 4 rings (SSSR count). The summed E-state index contributed by atoms with van der Waals surface area (Å²) in [7, 11) is 0. The summed E-state index contributed by atoms with van der Waals surface area (Å²) in [5, 5.41) is 5.74. The summed E-state index contributed by atoms with van der Waals surface area (Å²) in [5.74, 6) is 1.79. The Kier molecular flexibility index (Phi) is 4.57. The van der Waals surface area contributed by atoms with Crippen molar-refractivity contribution < 1.29 is 0 Å². The zero-order valence-corrected chi connectivity index (χ0v) is 15.5. The van der Waals surface area contributed by atoms with Crippen LogP contribution in [0.5, 0.6) is 0 Å². The molecule has 25 heavy (non-hydrogen) atoms. The van der Waals surface area contributed by atoms with Crippen LogP contribution < -0.4 is 0 Å². The Bertz CT molecular complexity index is 900. The van der Waals surface area contributed by atoms with E-state index < -0.39 is 0 Å². The highest BCUT2D eigenvalue weighted by Crippen LogP contribution is 2.27. The fourth-order valence-electron chi connectivity index (χ4n) is 3.46. The van der Waals surface area contributed by atoms with Gasteiger partial charge in [-0.1, -0.05) is 29.8 Å². The van der Waals surface area contributed by atoms with E-state index in [4.69, 9.17) is 5.10 Å². The van der Waals surface area contributed by atoms with Gasteiger partial charge in [0.25, 0.3) is 0 Å². The molecule has 0 N–H and O–H groups in total. The highest BCUT2D eigenvalue weighted by atomic mass is 32.2. The van der Waals surface area contributed by atoms with Crippen molar-refractivity contribution in [1.82, 2.24) is 19.7 Å². The molecule has 1 aromatic carbocycles. The van der Waals surface area contributed by atoms with E-state index in [1.165, 1.54) is 35.2 Å². The zero-order chi connectivity index (χ0) is 17.2. The Balaban J connectivity index is 1.58. The molecular weight excluding hydrogens is 328 g/mol. The molecule has 0 amide bonds. The maximum absolute atomic E-state index is 4.75. The van der Waals surface area contributed by atoms with Crippen LogP contribution in [0.3, 0.4) is 0 Å². The molecule has 0 spiro atoms. The molecule has 0 fully saturated rings. The maximum atomic E-state index is 4.75. The fraction of sp³-hybridized carbons (Fsp3) is 0.350. The second-order valence-corrected chi connectivity index (χ2v) is 7.62. The normalized spacial score (nSPS) is 13.7. The summed E-state index contributed by atoms with van der Waals surface area (Å²) < 4.78 is 2.03. The Labute approximate surface area is 152 Å². The molecule has 1 aliphatic rings. The quantitative estimate of drug-likeness (QED) is 0.515. The molecule has 0 radical (unpaired) electrons. The van der Waals surface area contributed by atoms with E-state index in [1.54, 1.807) is 18.1 Å². The van der Waals surface area contributed by atoms with Crippen LogP contribution in [-0.4, -0.2) is 19.7 Å².